The van der Waals surface area contributed by atoms with E-state index in [1.165, 1.54) is 17.8 Å². The number of aryl methyl sites for hydroxylation is 1. The molecule has 0 aliphatic heterocycles. The first kappa shape index (κ1) is 20.0. The van der Waals surface area contributed by atoms with Gasteiger partial charge >= 0.3 is 11.6 Å². The van der Waals surface area contributed by atoms with Crippen molar-refractivity contribution in [2.24, 2.45) is 0 Å². The molecule has 0 saturated carbocycles. The van der Waals surface area contributed by atoms with E-state index >= 15 is 0 Å². The van der Waals surface area contributed by atoms with E-state index in [1.807, 2.05) is 79.7 Å². The lowest BCUT2D eigenvalue weighted by Gasteiger charge is -2.16. The third-order valence-corrected chi connectivity index (χ3v) is 5.91. The standard InChI is InChI=1S/C25H20O4S/c1-17-12-13-21-19(15-23(26)29-22(21)14-17)16-28-25(27)24(18-8-4-2-5-9-18)30-20-10-6-3-7-11-20/h2-15,24H,16H2,1H3/t24-/m0/s1. The molecule has 4 rings (SSSR count). The van der Waals surface area contributed by atoms with Crippen molar-refractivity contribution in [3.8, 4) is 0 Å². The van der Waals surface area contributed by atoms with Crippen molar-refractivity contribution < 1.29 is 13.9 Å². The van der Waals surface area contributed by atoms with Gasteiger partial charge in [0.15, 0.2) is 0 Å². The summed E-state index contributed by atoms with van der Waals surface area (Å²) in [5.74, 6) is -0.358. The number of fused-ring (bicyclic) bond motifs is 1. The molecular formula is C25H20O4S. The van der Waals surface area contributed by atoms with Gasteiger partial charge in [-0.1, -0.05) is 60.7 Å². The molecule has 3 aromatic carbocycles. The van der Waals surface area contributed by atoms with E-state index in [2.05, 4.69) is 0 Å². The van der Waals surface area contributed by atoms with Gasteiger partial charge in [0.05, 0.1) is 0 Å². The highest BCUT2D eigenvalue weighted by Crippen LogP contribution is 2.36. The number of ether oxygens (including phenoxy) is 1. The summed E-state index contributed by atoms with van der Waals surface area (Å²) in [5.41, 5.74) is 2.52. The van der Waals surface area contributed by atoms with Crippen LogP contribution in [-0.4, -0.2) is 5.97 Å². The molecule has 1 aromatic heterocycles. The zero-order chi connectivity index (χ0) is 20.9. The normalized spacial score (nSPS) is 11.9. The lowest BCUT2D eigenvalue weighted by Crippen LogP contribution is -2.14. The lowest BCUT2D eigenvalue weighted by molar-refractivity contribution is -0.144. The van der Waals surface area contributed by atoms with Crippen LogP contribution in [0.2, 0.25) is 0 Å². The maximum absolute atomic E-state index is 13.1. The van der Waals surface area contributed by atoms with Crippen LogP contribution in [0.1, 0.15) is 21.9 Å². The Bertz CT molecular complexity index is 1220. The van der Waals surface area contributed by atoms with Gasteiger partial charge in [-0.3, -0.25) is 4.79 Å². The third kappa shape index (κ3) is 4.63. The van der Waals surface area contributed by atoms with Crippen LogP contribution in [0, 0.1) is 6.92 Å². The van der Waals surface area contributed by atoms with Crippen molar-refractivity contribution >= 4 is 28.7 Å². The Morgan fingerprint density at radius 2 is 1.67 bits per heavy atom. The first-order valence-corrected chi connectivity index (χ1v) is 10.4. The van der Waals surface area contributed by atoms with Crippen LogP contribution in [0.4, 0.5) is 0 Å². The molecule has 4 aromatic rings. The smallest absolute Gasteiger partial charge is 0.336 e. The van der Waals surface area contributed by atoms with Crippen molar-refractivity contribution in [2.75, 3.05) is 0 Å². The Labute approximate surface area is 178 Å². The Hall–Kier alpha value is -3.31. The molecule has 0 bridgehead atoms. The first-order valence-electron chi connectivity index (χ1n) is 9.57. The molecule has 0 fully saturated rings. The fraction of sp³-hybridized carbons (Fsp3) is 0.120. The van der Waals surface area contributed by atoms with Crippen LogP contribution in [0.3, 0.4) is 0 Å². The predicted octanol–water partition coefficient (Wildman–Crippen LogP) is 5.68. The van der Waals surface area contributed by atoms with Gasteiger partial charge in [0.25, 0.3) is 0 Å². The highest BCUT2D eigenvalue weighted by Gasteiger charge is 2.24. The van der Waals surface area contributed by atoms with Gasteiger partial charge in [-0.25, -0.2) is 4.79 Å². The maximum Gasteiger partial charge on any atom is 0.336 e. The Morgan fingerprint density at radius 3 is 2.40 bits per heavy atom. The molecule has 0 radical (unpaired) electrons. The number of esters is 1. The van der Waals surface area contributed by atoms with Crippen molar-refractivity contribution in [1.29, 1.82) is 0 Å². The molecule has 4 nitrogen and oxygen atoms in total. The van der Waals surface area contributed by atoms with E-state index in [-0.39, 0.29) is 12.6 Å². The number of carbonyl (C=O) groups excluding carboxylic acids is 1. The number of carbonyl (C=O) groups is 1. The van der Waals surface area contributed by atoms with Gasteiger partial charge in [0.1, 0.15) is 17.4 Å². The van der Waals surface area contributed by atoms with Gasteiger partial charge in [-0.05, 0) is 36.2 Å². The Morgan fingerprint density at radius 1 is 0.967 bits per heavy atom. The van der Waals surface area contributed by atoms with Crippen molar-refractivity contribution in [3.05, 3.63) is 112 Å². The lowest BCUT2D eigenvalue weighted by atomic mass is 10.1. The summed E-state index contributed by atoms with van der Waals surface area (Å²) >= 11 is 1.44. The number of benzene rings is 3. The molecule has 30 heavy (non-hydrogen) atoms. The van der Waals surface area contributed by atoms with E-state index in [9.17, 15) is 9.59 Å². The average molecular weight is 416 g/mol. The number of hydrogen-bond acceptors (Lipinski definition) is 5. The SMILES string of the molecule is Cc1ccc2c(COC(=O)[C@@H](Sc3ccccc3)c3ccccc3)cc(=O)oc2c1. The van der Waals surface area contributed by atoms with E-state index in [1.54, 1.807) is 6.07 Å². The second-order valence-corrected chi connectivity index (χ2v) is 8.10. The molecular weight excluding hydrogens is 396 g/mol. The van der Waals surface area contributed by atoms with E-state index in [0.29, 0.717) is 11.1 Å². The summed E-state index contributed by atoms with van der Waals surface area (Å²) in [6, 6.07) is 26.3. The number of thioether (sulfide) groups is 1. The number of hydrogen-bond donors (Lipinski definition) is 0. The van der Waals surface area contributed by atoms with Crippen molar-refractivity contribution in [2.45, 2.75) is 23.7 Å². The molecule has 0 unspecified atom stereocenters. The molecule has 1 atom stereocenters. The van der Waals surface area contributed by atoms with Crippen LogP contribution in [0.25, 0.3) is 11.0 Å². The highest BCUT2D eigenvalue weighted by atomic mass is 32.2. The fourth-order valence-electron chi connectivity index (χ4n) is 3.20. The molecule has 0 amide bonds. The molecule has 0 N–H and O–H groups in total. The summed E-state index contributed by atoms with van der Waals surface area (Å²) in [6.45, 7) is 1.93. The van der Waals surface area contributed by atoms with Crippen LogP contribution < -0.4 is 5.63 Å². The molecule has 0 aliphatic rings. The predicted molar refractivity (Wildman–Crippen MR) is 118 cm³/mol. The van der Waals surface area contributed by atoms with Crippen LogP contribution in [-0.2, 0) is 16.1 Å². The van der Waals surface area contributed by atoms with E-state index in [4.69, 9.17) is 9.15 Å². The minimum Gasteiger partial charge on any atom is -0.460 e. The van der Waals surface area contributed by atoms with Gasteiger partial charge < -0.3 is 9.15 Å². The molecule has 0 aliphatic carbocycles. The van der Waals surface area contributed by atoms with E-state index < -0.39 is 10.9 Å². The maximum atomic E-state index is 13.1. The Balaban J connectivity index is 1.59. The van der Waals surface area contributed by atoms with Crippen molar-refractivity contribution in [1.82, 2.24) is 0 Å². The Kier molecular flexibility index (Phi) is 6.00. The molecule has 5 heteroatoms. The van der Waals surface area contributed by atoms with Gasteiger partial charge in [-0.2, -0.15) is 0 Å². The largest absolute Gasteiger partial charge is 0.460 e. The monoisotopic (exact) mass is 416 g/mol. The van der Waals surface area contributed by atoms with Crippen LogP contribution in [0.15, 0.2) is 99.0 Å². The second-order valence-electron chi connectivity index (χ2n) is 6.92. The third-order valence-electron chi connectivity index (χ3n) is 4.67. The highest BCUT2D eigenvalue weighted by molar-refractivity contribution is 8.00. The molecule has 0 spiro atoms. The van der Waals surface area contributed by atoms with Crippen LogP contribution in [0.5, 0.6) is 0 Å². The van der Waals surface area contributed by atoms with E-state index in [0.717, 1.165) is 21.4 Å². The quantitative estimate of drug-likeness (QED) is 0.230. The summed E-state index contributed by atoms with van der Waals surface area (Å²) in [6.07, 6.45) is 0. The average Bonchev–Trinajstić information content (AvgIpc) is 2.76. The summed E-state index contributed by atoms with van der Waals surface area (Å²) in [5, 5.41) is 0.252. The van der Waals surface area contributed by atoms with Crippen LogP contribution >= 0.6 is 11.8 Å². The topological polar surface area (TPSA) is 56.5 Å². The molecule has 1 heterocycles. The minimum absolute atomic E-state index is 0.00266. The zero-order valence-corrected chi connectivity index (χ0v) is 17.2. The second kappa shape index (κ2) is 9.01. The summed E-state index contributed by atoms with van der Waals surface area (Å²) < 4.78 is 11.0. The summed E-state index contributed by atoms with van der Waals surface area (Å²) in [4.78, 5) is 26.0. The zero-order valence-electron chi connectivity index (χ0n) is 16.4. The number of rotatable bonds is 6. The summed E-state index contributed by atoms with van der Waals surface area (Å²) in [7, 11) is 0. The van der Waals surface area contributed by atoms with Crippen molar-refractivity contribution in [3.63, 3.8) is 0 Å². The van der Waals surface area contributed by atoms with Gasteiger partial charge in [-0.15, -0.1) is 11.8 Å². The molecule has 150 valence electrons. The first-order chi connectivity index (χ1) is 14.6. The molecule has 0 saturated heterocycles. The van der Waals surface area contributed by atoms with Gasteiger partial charge in [0, 0.05) is 21.9 Å². The minimum atomic E-state index is -0.512. The van der Waals surface area contributed by atoms with Gasteiger partial charge in [0.2, 0.25) is 0 Å². The fourth-order valence-corrected chi connectivity index (χ4v) is 4.24.